The minimum absolute atomic E-state index is 0.0563. The Morgan fingerprint density at radius 3 is 2.03 bits per heavy atom. The molecule has 2 N–H and O–H groups in total. The van der Waals surface area contributed by atoms with Gasteiger partial charge in [-0.2, -0.15) is 31.4 Å². The molecule has 3 rings (SSSR count). The molecule has 3 aromatic rings. The second kappa shape index (κ2) is 7.65. The van der Waals surface area contributed by atoms with E-state index < -0.39 is 40.5 Å². The van der Waals surface area contributed by atoms with Gasteiger partial charge in [-0.3, -0.25) is 9.59 Å². The van der Waals surface area contributed by atoms with Gasteiger partial charge in [0.25, 0.3) is 11.5 Å². The first-order chi connectivity index (χ1) is 13.9. The first-order valence-electron chi connectivity index (χ1n) is 8.20. The van der Waals surface area contributed by atoms with Crippen LogP contribution in [0.1, 0.15) is 21.5 Å². The average Bonchev–Trinajstić information content (AvgIpc) is 2.67. The Bertz CT molecular complexity index is 1100. The topological polar surface area (TPSA) is 74.8 Å². The molecule has 0 aliphatic heterocycles. The fourth-order valence-corrected chi connectivity index (χ4v) is 2.55. The number of rotatable bonds is 3. The Labute approximate surface area is 164 Å². The van der Waals surface area contributed by atoms with Crippen molar-refractivity contribution in [1.29, 1.82) is 0 Å². The van der Waals surface area contributed by atoms with Crippen LogP contribution >= 0.6 is 0 Å². The summed E-state index contributed by atoms with van der Waals surface area (Å²) in [5, 5.41) is 8.29. The molecule has 1 heterocycles. The second-order valence-electron chi connectivity index (χ2n) is 6.14. The van der Waals surface area contributed by atoms with E-state index in [1.807, 2.05) is 0 Å². The number of nitrogens with one attached hydrogen (secondary N) is 2. The summed E-state index contributed by atoms with van der Waals surface area (Å²) in [6, 6.07) is 9.13. The molecule has 0 spiro atoms. The van der Waals surface area contributed by atoms with E-state index in [9.17, 15) is 35.9 Å². The number of anilines is 1. The summed E-state index contributed by atoms with van der Waals surface area (Å²) in [5.41, 5.74) is -3.52. The first-order valence-corrected chi connectivity index (χ1v) is 8.20. The highest BCUT2D eigenvalue weighted by Crippen LogP contribution is 2.36. The molecule has 0 aliphatic carbocycles. The standard InChI is InChI=1S/C19H11F6N3O2/c20-18(21,22)12-6-11(7-13(9-12)19(23,24)25)17(30)26-14-3-1-2-10(8-14)15-4-5-16(29)28-27-15/h1-9H,(H,26,30)(H,28,29). The third-order valence-corrected chi connectivity index (χ3v) is 3.95. The molecule has 30 heavy (non-hydrogen) atoms. The number of alkyl halides is 6. The maximum absolute atomic E-state index is 13.0. The van der Waals surface area contributed by atoms with Crippen LogP contribution in [0.2, 0.25) is 0 Å². The predicted molar refractivity (Wildman–Crippen MR) is 94.7 cm³/mol. The summed E-state index contributed by atoms with van der Waals surface area (Å²) < 4.78 is 77.8. The average molecular weight is 427 g/mol. The Kier molecular flexibility index (Phi) is 5.38. The lowest BCUT2D eigenvalue weighted by Crippen LogP contribution is -2.17. The molecule has 0 aliphatic rings. The molecule has 1 aromatic heterocycles. The van der Waals surface area contributed by atoms with Gasteiger partial charge in [0, 0.05) is 22.9 Å². The van der Waals surface area contributed by atoms with Gasteiger partial charge in [0.1, 0.15) is 0 Å². The minimum Gasteiger partial charge on any atom is -0.322 e. The molecule has 0 bridgehead atoms. The van der Waals surface area contributed by atoms with Crippen molar-refractivity contribution < 1.29 is 31.1 Å². The number of H-pyrrole nitrogens is 1. The van der Waals surface area contributed by atoms with Crippen molar-refractivity contribution >= 4 is 11.6 Å². The van der Waals surface area contributed by atoms with Crippen LogP contribution in [0.15, 0.2) is 59.4 Å². The zero-order valence-electron chi connectivity index (χ0n) is 14.7. The maximum Gasteiger partial charge on any atom is 0.416 e. The summed E-state index contributed by atoms with van der Waals surface area (Å²) in [6.07, 6.45) is -10.1. The maximum atomic E-state index is 13.0. The smallest absolute Gasteiger partial charge is 0.322 e. The van der Waals surface area contributed by atoms with Crippen LogP contribution in [0.25, 0.3) is 11.3 Å². The highest BCUT2D eigenvalue weighted by atomic mass is 19.4. The Balaban J connectivity index is 1.93. The van der Waals surface area contributed by atoms with Crippen molar-refractivity contribution in [2.75, 3.05) is 5.32 Å². The molecule has 0 saturated heterocycles. The Morgan fingerprint density at radius 2 is 1.50 bits per heavy atom. The molecule has 0 atom stereocenters. The van der Waals surface area contributed by atoms with Crippen molar-refractivity contribution in [1.82, 2.24) is 10.2 Å². The van der Waals surface area contributed by atoms with Crippen molar-refractivity contribution in [3.8, 4) is 11.3 Å². The van der Waals surface area contributed by atoms with E-state index in [1.54, 1.807) is 6.07 Å². The quantitative estimate of drug-likeness (QED) is 0.594. The van der Waals surface area contributed by atoms with E-state index in [0.717, 1.165) is 0 Å². The highest BCUT2D eigenvalue weighted by Gasteiger charge is 2.37. The molecular weight excluding hydrogens is 416 g/mol. The lowest BCUT2D eigenvalue weighted by molar-refractivity contribution is -0.143. The second-order valence-corrected chi connectivity index (χ2v) is 6.14. The van der Waals surface area contributed by atoms with Gasteiger partial charge in [-0.25, -0.2) is 5.10 Å². The molecule has 0 saturated carbocycles. The molecule has 0 radical (unpaired) electrons. The van der Waals surface area contributed by atoms with Crippen LogP contribution in [0.4, 0.5) is 32.0 Å². The van der Waals surface area contributed by atoms with Gasteiger partial charge in [-0.1, -0.05) is 12.1 Å². The molecular formula is C19H11F6N3O2. The Morgan fingerprint density at radius 1 is 0.867 bits per heavy atom. The number of nitrogens with zero attached hydrogens (tertiary/aromatic N) is 1. The number of hydrogen-bond donors (Lipinski definition) is 2. The van der Waals surface area contributed by atoms with Gasteiger partial charge >= 0.3 is 12.4 Å². The van der Waals surface area contributed by atoms with Crippen LogP contribution in [-0.4, -0.2) is 16.1 Å². The van der Waals surface area contributed by atoms with Gasteiger partial charge in [0.2, 0.25) is 0 Å². The van der Waals surface area contributed by atoms with Gasteiger partial charge in [-0.05, 0) is 36.4 Å². The number of carbonyl (C=O) groups excluding carboxylic acids is 1. The van der Waals surface area contributed by atoms with Crippen LogP contribution in [0, 0.1) is 0 Å². The summed E-state index contributed by atoms with van der Waals surface area (Å²) in [6.45, 7) is 0. The number of benzene rings is 2. The fourth-order valence-electron chi connectivity index (χ4n) is 2.55. The van der Waals surface area contributed by atoms with E-state index >= 15 is 0 Å². The van der Waals surface area contributed by atoms with E-state index in [1.165, 1.54) is 30.3 Å². The van der Waals surface area contributed by atoms with Crippen LogP contribution in [0.5, 0.6) is 0 Å². The van der Waals surface area contributed by atoms with Gasteiger partial charge < -0.3 is 5.32 Å². The number of carbonyl (C=O) groups is 1. The monoisotopic (exact) mass is 427 g/mol. The van der Waals surface area contributed by atoms with Crippen molar-refractivity contribution in [2.45, 2.75) is 12.4 Å². The molecule has 5 nitrogen and oxygen atoms in total. The summed E-state index contributed by atoms with van der Waals surface area (Å²) in [7, 11) is 0. The molecule has 156 valence electrons. The zero-order chi connectivity index (χ0) is 22.1. The number of aromatic nitrogens is 2. The van der Waals surface area contributed by atoms with E-state index in [4.69, 9.17) is 0 Å². The van der Waals surface area contributed by atoms with E-state index in [-0.39, 0.29) is 11.8 Å². The summed E-state index contributed by atoms with van der Waals surface area (Å²) >= 11 is 0. The normalized spacial score (nSPS) is 11.9. The fraction of sp³-hybridized carbons (Fsp3) is 0.105. The van der Waals surface area contributed by atoms with Crippen LogP contribution in [0.3, 0.4) is 0 Å². The van der Waals surface area contributed by atoms with Crippen molar-refractivity contribution in [3.63, 3.8) is 0 Å². The lowest BCUT2D eigenvalue weighted by Gasteiger charge is -2.14. The third kappa shape index (κ3) is 4.85. The number of aromatic amines is 1. The Hall–Kier alpha value is -3.63. The lowest BCUT2D eigenvalue weighted by atomic mass is 10.0. The van der Waals surface area contributed by atoms with Crippen LogP contribution < -0.4 is 10.9 Å². The molecule has 0 unspecified atom stereocenters. The highest BCUT2D eigenvalue weighted by molar-refractivity contribution is 6.04. The number of amides is 1. The SMILES string of the molecule is O=C(Nc1cccc(-c2ccc(=O)[nH]n2)c1)c1cc(C(F)(F)F)cc(C(F)(F)F)c1. The number of halogens is 6. The molecule has 11 heteroatoms. The summed E-state index contributed by atoms with van der Waals surface area (Å²) in [4.78, 5) is 23.4. The summed E-state index contributed by atoms with van der Waals surface area (Å²) in [5.74, 6) is -1.15. The van der Waals surface area contributed by atoms with Crippen molar-refractivity contribution in [3.05, 3.63) is 81.6 Å². The van der Waals surface area contributed by atoms with Gasteiger partial charge in [-0.15, -0.1) is 0 Å². The largest absolute Gasteiger partial charge is 0.416 e. The first kappa shape index (κ1) is 21.1. The van der Waals surface area contributed by atoms with Crippen LogP contribution in [-0.2, 0) is 12.4 Å². The van der Waals surface area contributed by atoms with Crippen molar-refractivity contribution in [2.24, 2.45) is 0 Å². The van der Waals surface area contributed by atoms with Gasteiger partial charge in [0.15, 0.2) is 0 Å². The molecule has 1 amide bonds. The molecule has 2 aromatic carbocycles. The minimum atomic E-state index is -5.06. The zero-order valence-corrected chi connectivity index (χ0v) is 14.7. The predicted octanol–water partition coefficient (Wildman–Crippen LogP) is 4.73. The van der Waals surface area contributed by atoms with E-state index in [2.05, 4.69) is 15.5 Å². The van der Waals surface area contributed by atoms with Gasteiger partial charge in [0.05, 0.1) is 16.8 Å². The van der Waals surface area contributed by atoms with E-state index in [0.29, 0.717) is 23.4 Å². The third-order valence-electron chi connectivity index (χ3n) is 3.95. The number of hydrogen-bond acceptors (Lipinski definition) is 3. The molecule has 0 fully saturated rings.